The smallest absolute Gasteiger partial charge is 0.0886 e. The second-order valence-electron chi connectivity index (χ2n) is 2.28. The molecule has 1 atom stereocenters. The summed E-state index contributed by atoms with van der Waals surface area (Å²) in [6.45, 7) is 0. The molecule has 0 aliphatic carbocycles. The average Bonchev–Trinajstić information content (AvgIpc) is 1.87. The van der Waals surface area contributed by atoms with Gasteiger partial charge in [0, 0.05) is 5.33 Å². The molecule has 0 N–H and O–H groups in total. The van der Waals surface area contributed by atoms with E-state index < -0.39 is 0 Å². The second kappa shape index (κ2) is 8.35. The molecule has 0 aromatic heterocycles. The zero-order chi connectivity index (χ0) is 7.82. The lowest BCUT2D eigenvalue weighted by Crippen LogP contribution is -1.86. The maximum Gasteiger partial charge on any atom is 0.0886 e. The van der Waals surface area contributed by atoms with Gasteiger partial charge < -0.3 is 0 Å². The van der Waals surface area contributed by atoms with Crippen molar-refractivity contribution in [3.05, 3.63) is 0 Å². The monoisotopic (exact) mass is 290 g/mol. The van der Waals surface area contributed by atoms with Crippen molar-refractivity contribution in [3.63, 3.8) is 0 Å². The van der Waals surface area contributed by atoms with Gasteiger partial charge in [-0.05, 0) is 12.8 Å². The van der Waals surface area contributed by atoms with Gasteiger partial charge in [0.1, 0.15) is 0 Å². The number of rotatable bonds is 6. The van der Waals surface area contributed by atoms with Crippen LogP contribution in [0, 0.1) is 0 Å². The molecule has 62 valence electrons. The summed E-state index contributed by atoms with van der Waals surface area (Å²) < 4.78 is 0.177. The molecule has 0 radical (unpaired) electrons. The first kappa shape index (κ1) is 11.2. The Kier molecular flexibility index (Phi) is 9.39. The van der Waals surface area contributed by atoms with Crippen LogP contribution in [0.2, 0.25) is 0 Å². The van der Waals surface area contributed by atoms with Crippen LogP contribution in [-0.4, -0.2) is 9.62 Å². The van der Waals surface area contributed by atoms with E-state index in [1.54, 1.807) is 0 Å². The SMILES string of the molecule is ClC(Br)CCCCCCBr. The van der Waals surface area contributed by atoms with Gasteiger partial charge in [-0.2, -0.15) is 0 Å². The molecule has 0 amide bonds. The van der Waals surface area contributed by atoms with E-state index in [1.807, 2.05) is 0 Å². The predicted octanol–water partition coefficient (Wildman–Crippen LogP) is 4.29. The van der Waals surface area contributed by atoms with Gasteiger partial charge in [0.05, 0.1) is 4.29 Å². The van der Waals surface area contributed by atoms with Crippen molar-refractivity contribution < 1.29 is 0 Å². The van der Waals surface area contributed by atoms with Crippen LogP contribution >= 0.6 is 43.5 Å². The van der Waals surface area contributed by atoms with Crippen LogP contribution in [0.5, 0.6) is 0 Å². The first-order valence-electron chi connectivity index (χ1n) is 3.61. The molecule has 0 heterocycles. The molecular formula is C7H13Br2Cl. The molecule has 0 nitrogen and oxygen atoms in total. The van der Waals surface area contributed by atoms with Crippen molar-refractivity contribution in [3.8, 4) is 0 Å². The van der Waals surface area contributed by atoms with Crippen LogP contribution in [0.25, 0.3) is 0 Å². The highest BCUT2D eigenvalue weighted by molar-refractivity contribution is 9.10. The lowest BCUT2D eigenvalue weighted by molar-refractivity contribution is 0.657. The molecule has 0 aromatic carbocycles. The highest BCUT2D eigenvalue weighted by atomic mass is 79.9. The number of hydrogen-bond acceptors (Lipinski definition) is 0. The minimum atomic E-state index is 0.177. The molecule has 0 bridgehead atoms. The fourth-order valence-electron chi connectivity index (χ4n) is 0.747. The Morgan fingerprint density at radius 3 is 2.20 bits per heavy atom. The van der Waals surface area contributed by atoms with E-state index in [1.165, 1.54) is 25.7 Å². The van der Waals surface area contributed by atoms with E-state index in [9.17, 15) is 0 Å². The van der Waals surface area contributed by atoms with Crippen molar-refractivity contribution in [2.24, 2.45) is 0 Å². The summed E-state index contributed by atoms with van der Waals surface area (Å²) >= 11 is 12.4. The van der Waals surface area contributed by atoms with Crippen LogP contribution in [0.15, 0.2) is 0 Å². The van der Waals surface area contributed by atoms with Crippen LogP contribution in [0.4, 0.5) is 0 Å². The zero-order valence-corrected chi connectivity index (χ0v) is 9.88. The minimum absolute atomic E-state index is 0.177. The fourth-order valence-corrected chi connectivity index (χ4v) is 1.62. The Balaban J connectivity index is 2.77. The molecule has 0 aliphatic rings. The van der Waals surface area contributed by atoms with Crippen molar-refractivity contribution in [1.29, 1.82) is 0 Å². The second-order valence-corrected chi connectivity index (χ2v) is 5.24. The Labute approximate surface area is 85.0 Å². The number of unbranched alkanes of at least 4 members (excludes halogenated alkanes) is 3. The van der Waals surface area contributed by atoms with Gasteiger partial charge in [0.15, 0.2) is 0 Å². The third kappa shape index (κ3) is 9.25. The highest BCUT2D eigenvalue weighted by Gasteiger charge is 1.96. The summed E-state index contributed by atoms with van der Waals surface area (Å²) in [4.78, 5) is 0. The van der Waals surface area contributed by atoms with E-state index in [0.29, 0.717) is 0 Å². The Hall–Kier alpha value is 1.25. The van der Waals surface area contributed by atoms with E-state index in [-0.39, 0.29) is 4.29 Å². The Morgan fingerprint density at radius 2 is 1.70 bits per heavy atom. The molecule has 0 saturated carbocycles. The van der Waals surface area contributed by atoms with Gasteiger partial charge >= 0.3 is 0 Å². The van der Waals surface area contributed by atoms with E-state index >= 15 is 0 Å². The predicted molar refractivity (Wildman–Crippen MR) is 55.4 cm³/mol. The van der Waals surface area contributed by atoms with Gasteiger partial charge in [-0.15, -0.1) is 11.6 Å². The standard InChI is InChI=1S/C7H13Br2Cl/c8-6-4-2-1-3-5-7(9)10/h7H,1-6H2. The van der Waals surface area contributed by atoms with Gasteiger partial charge in [0.2, 0.25) is 0 Å². The van der Waals surface area contributed by atoms with Crippen molar-refractivity contribution in [1.82, 2.24) is 0 Å². The molecule has 3 heteroatoms. The Bertz CT molecular complexity index is 66.6. The van der Waals surface area contributed by atoms with Crippen LogP contribution < -0.4 is 0 Å². The summed E-state index contributed by atoms with van der Waals surface area (Å²) in [5, 5.41) is 1.13. The third-order valence-electron chi connectivity index (χ3n) is 1.31. The van der Waals surface area contributed by atoms with Gasteiger partial charge in [-0.1, -0.05) is 51.1 Å². The van der Waals surface area contributed by atoms with Crippen LogP contribution in [0.1, 0.15) is 32.1 Å². The summed E-state index contributed by atoms with van der Waals surface area (Å²) in [7, 11) is 0. The molecule has 1 unspecified atom stereocenters. The largest absolute Gasteiger partial charge is 0.110 e. The maximum absolute atomic E-state index is 5.70. The molecule has 0 spiro atoms. The van der Waals surface area contributed by atoms with Crippen molar-refractivity contribution in [2.45, 2.75) is 36.4 Å². The number of alkyl halides is 3. The molecule has 0 fully saturated rings. The van der Waals surface area contributed by atoms with E-state index in [0.717, 1.165) is 11.8 Å². The number of hydrogen-bond donors (Lipinski definition) is 0. The highest BCUT2D eigenvalue weighted by Crippen LogP contribution is 2.14. The van der Waals surface area contributed by atoms with Crippen molar-refractivity contribution in [2.75, 3.05) is 5.33 Å². The lowest BCUT2D eigenvalue weighted by Gasteiger charge is -1.99. The topological polar surface area (TPSA) is 0 Å². The van der Waals surface area contributed by atoms with Gasteiger partial charge in [-0.3, -0.25) is 0 Å². The van der Waals surface area contributed by atoms with Gasteiger partial charge in [-0.25, -0.2) is 0 Å². The Morgan fingerprint density at radius 1 is 1.10 bits per heavy atom. The summed E-state index contributed by atoms with van der Waals surface area (Å²) in [5.74, 6) is 0. The molecule has 0 aliphatic heterocycles. The minimum Gasteiger partial charge on any atom is -0.110 e. The maximum atomic E-state index is 5.70. The zero-order valence-electron chi connectivity index (χ0n) is 5.95. The molecule has 0 saturated heterocycles. The van der Waals surface area contributed by atoms with E-state index in [4.69, 9.17) is 11.6 Å². The van der Waals surface area contributed by atoms with Gasteiger partial charge in [0.25, 0.3) is 0 Å². The molecular weight excluding hydrogens is 279 g/mol. The van der Waals surface area contributed by atoms with E-state index in [2.05, 4.69) is 31.9 Å². The first-order valence-corrected chi connectivity index (χ1v) is 6.09. The van der Waals surface area contributed by atoms with Crippen LogP contribution in [0.3, 0.4) is 0 Å². The van der Waals surface area contributed by atoms with Crippen molar-refractivity contribution >= 4 is 43.5 Å². The fraction of sp³-hybridized carbons (Fsp3) is 1.00. The summed E-state index contributed by atoms with van der Waals surface area (Å²) in [6.07, 6.45) is 6.24. The lowest BCUT2D eigenvalue weighted by atomic mass is 10.2. The summed E-state index contributed by atoms with van der Waals surface area (Å²) in [5.41, 5.74) is 0. The molecule has 0 aromatic rings. The average molecular weight is 292 g/mol. The first-order chi connectivity index (χ1) is 4.77. The van der Waals surface area contributed by atoms with Crippen LogP contribution in [-0.2, 0) is 0 Å². The third-order valence-corrected chi connectivity index (χ3v) is 2.54. The quantitative estimate of drug-likeness (QED) is 0.506. The molecule has 0 rings (SSSR count). The number of halogens is 3. The summed E-state index contributed by atoms with van der Waals surface area (Å²) in [6, 6.07) is 0. The normalized spacial score (nSPS) is 13.5. The molecule has 10 heavy (non-hydrogen) atoms.